The molecule has 13 heteroatoms. The third-order valence-corrected chi connectivity index (χ3v) is 6.38. The molecule has 11 nitrogen and oxygen atoms in total. The van der Waals surface area contributed by atoms with Crippen molar-refractivity contribution in [2.24, 2.45) is 5.92 Å². The lowest BCUT2D eigenvalue weighted by Crippen LogP contribution is -2.42. The number of nitrogens with one attached hydrogen (secondary N) is 2. The van der Waals surface area contributed by atoms with Crippen LogP contribution in [0.2, 0.25) is 0 Å². The number of carbonyl (C=O) groups excluding carboxylic acids is 1. The van der Waals surface area contributed by atoms with Gasteiger partial charge in [-0.05, 0) is 12.3 Å². The van der Waals surface area contributed by atoms with E-state index in [1.165, 1.54) is 32.6 Å². The van der Waals surface area contributed by atoms with Gasteiger partial charge in [0, 0.05) is 26.7 Å². The summed E-state index contributed by atoms with van der Waals surface area (Å²) in [6.45, 7) is 7.67. The van der Waals surface area contributed by atoms with Crippen molar-refractivity contribution in [2.45, 2.75) is 44.5 Å². The van der Waals surface area contributed by atoms with E-state index in [-0.39, 0.29) is 29.1 Å². The lowest BCUT2D eigenvalue weighted by atomic mass is 10.2. The van der Waals surface area contributed by atoms with Crippen LogP contribution >= 0.6 is 23.1 Å². The quantitative estimate of drug-likeness (QED) is 0.284. The van der Waals surface area contributed by atoms with Gasteiger partial charge in [0.05, 0.1) is 12.4 Å². The fraction of sp³-hybridized carbons (Fsp3) is 0.632. The maximum absolute atomic E-state index is 13.1. The Morgan fingerprint density at radius 2 is 2.12 bits per heavy atom. The molecule has 2 aromatic heterocycles. The molecular formula is C19H31N7O4S2. The van der Waals surface area contributed by atoms with Crippen molar-refractivity contribution in [3.05, 3.63) is 20.8 Å². The van der Waals surface area contributed by atoms with Crippen LogP contribution < -0.4 is 27.2 Å². The van der Waals surface area contributed by atoms with E-state index >= 15 is 0 Å². The number of nitrogen functional groups attached to an aromatic ring is 1. The predicted octanol–water partition coefficient (Wildman–Crippen LogP) is 1.61. The second-order valence-electron chi connectivity index (χ2n) is 7.48. The van der Waals surface area contributed by atoms with Crippen LogP contribution in [0.3, 0.4) is 0 Å². The zero-order valence-corrected chi connectivity index (χ0v) is 20.5. The molecule has 0 aliphatic rings. The minimum atomic E-state index is -0.664. The number of hydrogen-bond donors (Lipinski definition) is 3. The molecule has 4 N–H and O–H groups in total. The van der Waals surface area contributed by atoms with Crippen LogP contribution in [0.15, 0.2) is 13.9 Å². The summed E-state index contributed by atoms with van der Waals surface area (Å²) in [7, 11) is 1.62. The molecule has 1 amide bonds. The second-order valence-corrected chi connectivity index (χ2v) is 9.68. The monoisotopic (exact) mass is 485 g/mol. The van der Waals surface area contributed by atoms with Crippen molar-refractivity contribution >= 4 is 45.6 Å². The largest absolute Gasteiger partial charge is 0.383 e. The molecule has 0 aromatic carbocycles. The number of nitrogens with two attached hydrogens (primary N) is 1. The Hall–Kier alpha value is -2.38. The van der Waals surface area contributed by atoms with E-state index < -0.39 is 11.2 Å². The van der Waals surface area contributed by atoms with Gasteiger partial charge in [-0.25, -0.2) is 4.79 Å². The lowest BCUT2D eigenvalue weighted by Gasteiger charge is -2.24. The average molecular weight is 486 g/mol. The van der Waals surface area contributed by atoms with Crippen LogP contribution in [-0.4, -0.2) is 58.2 Å². The van der Waals surface area contributed by atoms with Gasteiger partial charge in [-0.1, -0.05) is 50.3 Å². The van der Waals surface area contributed by atoms with Crippen LogP contribution in [0, 0.1) is 5.92 Å². The Balaban J connectivity index is 2.22. The van der Waals surface area contributed by atoms with Crippen LogP contribution in [0.1, 0.15) is 33.6 Å². The number of amides is 1. The topological polar surface area (TPSA) is 148 Å². The van der Waals surface area contributed by atoms with Crippen LogP contribution in [-0.2, 0) is 16.1 Å². The smallest absolute Gasteiger partial charge is 0.330 e. The zero-order valence-electron chi connectivity index (χ0n) is 18.8. The summed E-state index contributed by atoms with van der Waals surface area (Å²) in [5, 5.41) is 11.8. The first-order valence-corrected chi connectivity index (χ1v) is 12.2. The van der Waals surface area contributed by atoms with E-state index in [0.717, 1.165) is 6.42 Å². The standard InChI is InChI=1S/C19H31N7O4S2/c1-5-6-8-25(14-15(20)26(10-12(2)3)18(29)22-16(14)28)13(27)11-31-19-24-23-17(32-19)21-7-9-30-4/h12H,5-11,20H2,1-4H3,(H,21,23)(H,22,28,29). The van der Waals surface area contributed by atoms with Gasteiger partial charge < -0.3 is 20.7 Å². The normalized spacial score (nSPS) is 11.2. The Bertz CT molecular complexity index is 1000. The molecular weight excluding hydrogens is 454 g/mol. The summed E-state index contributed by atoms with van der Waals surface area (Å²) in [5.41, 5.74) is 4.99. The number of hydrogen-bond acceptors (Lipinski definition) is 10. The van der Waals surface area contributed by atoms with Gasteiger partial charge >= 0.3 is 5.69 Å². The third kappa shape index (κ3) is 7.07. The molecule has 0 atom stereocenters. The highest BCUT2D eigenvalue weighted by Crippen LogP contribution is 2.27. The number of unbranched alkanes of at least 4 members (excludes halogenated alkanes) is 1. The molecule has 0 fully saturated rings. The number of nitrogens with zero attached hydrogens (tertiary/aromatic N) is 4. The maximum atomic E-state index is 13.1. The molecule has 0 spiro atoms. The van der Waals surface area contributed by atoms with E-state index in [2.05, 4.69) is 20.5 Å². The van der Waals surface area contributed by atoms with Crippen LogP contribution in [0.4, 0.5) is 16.6 Å². The molecule has 0 aliphatic carbocycles. The zero-order chi connectivity index (χ0) is 23.7. The lowest BCUT2D eigenvalue weighted by molar-refractivity contribution is -0.116. The number of methoxy groups -OCH3 is 1. The number of aromatic nitrogens is 4. The number of carbonyl (C=O) groups is 1. The van der Waals surface area contributed by atoms with E-state index in [1.807, 2.05) is 20.8 Å². The van der Waals surface area contributed by atoms with Crippen molar-refractivity contribution in [1.82, 2.24) is 19.7 Å². The maximum Gasteiger partial charge on any atom is 0.330 e. The minimum absolute atomic E-state index is 0.00227. The van der Waals surface area contributed by atoms with Gasteiger partial charge in [-0.2, -0.15) is 0 Å². The first-order chi connectivity index (χ1) is 15.3. The summed E-state index contributed by atoms with van der Waals surface area (Å²) in [4.78, 5) is 41.6. The Morgan fingerprint density at radius 3 is 2.78 bits per heavy atom. The fourth-order valence-corrected chi connectivity index (χ4v) is 4.52. The number of ether oxygens (including phenoxy) is 1. The van der Waals surface area contributed by atoms with Gasteiger partial charge in [0.25, 0.3) is 5.56 Å². The Labute approximate surface area is 194 Å². The van der Waals surface area contributed by atoms with Crippen molar-refractivity contribution < 1.29 is 9.53 Å². The van der Waals surface area contributed by atoms with Crippen molar-refractivity contribution in [2.75, 3.05) is 48.5 Å². The first-order valence-electron chi connectivity index (χ1n) is 10.4. The first kappa shape index (κ1) is 25.9. The number of H-pyrrole nitrogens is 1. The van der Waals surface area contributed by atoms with Gasteiger partial charge in [0.1, 0.15) is 5.82 Å². The highest BCUT2D eigenvalue weighted by atomic mass is 32.2. The molecule has 0 saturated carbocycles. The third-order valence-electron chi connectivity index (χ3n) is 4.38. The predicted molar refractivity (Wildman–Crippen MR) is 129 cm³/mol. The van der Waals surface area contributed by atoms with Crippen LogP contribution in [0.5, 0.6) is 0 Å². The molecule has 0 unspecified atom stereocenters. The van der Waals surface area contributed by atoms with Gasteiger partial charge in [-0.3, -0.25) is 19.1 Å². The summed E-state index contributed by atoms with van der Waals surface area (Å²) >= 11 is 2.57. The summed E-state index contributed by atoms with van der Waals surface area (Å²) in [5.74, 6) is -0.103. The summed E-state index contributed by atoms with van der Waals surface area (Å²) in [6.07, 6.45) is 1.51. The number of aromatic amines is 1. The summed E-state index contributed by atoms with van der Waals surface area (Å²) < 4.78 is 6.92. The highest BCUT2D eigenvalue weighted by Gasteiger charge is 2.24. The molecule has 0 bridgehead atoms. The van der Waals surface area contributed by atoms with Crippen molar-refractivity contribution in [3.8, 4) is 0 Å². The minimum Gasteiger partial charge on any atom is -0.383 e. The fourth-order valence-electron chi connectivity index (χ4n) is 2.86. The highest BCUT2D eigenvalue weighted by molar-refractivity contribution is 8.01. The van der Waals surface area contributed by atoms with E-state index in [1.54, 1.807) is 7.11 Å². The number of rotatable bonds is 13. The Kier molecular flexibility index (Phi) is 10.2. The van der Waals surface area contributed by atoms with E-state index in [0.29, 0.717) is 42.1 Å². The second kappa shape index (κ2) is 12.6. The molecule has 178 valence electrons. The Morgan fingerprint density at radius 1 is 1.38 bits per heavy atom. The van der Waals surface area contributed by atoms with Gasteiger partial charge in [0.15, 0.2) is 10.0 Å². The molecule has 2 heterocycles. The van der Waals surface area contributed by atoms with E-state index in [9.17, 15) is 14.4 Å². The average Bonchev–Trinajstić information content (AvgIpc) is 3.19. The van der Waals surface area contributed by atoms with E-state index in [4.69, 9.17) is 10.5 Å². The van der Waals surface area contributed by atoms with Crippen LogP contribution in [0.25, 0.3) is 0 Å². The number of anilines is 3. The molecule has 0 aliphatic heterocycles. The van der Waals surface area contributed by atoms with Crippen molar-refractivity contribution in [1.29, 1.82) is 0 Å². The summed E-state index contributed by atoms with van der Waals surface area (Å²) in [6, 6.07) is 0. The molecule has 0 saturated heterocycles. The SMILES string of the molecule is CCCCN(C(=O)CSc1nnc(NCCOC)s1)c1c(N)n(CC(C)C)c(=O)[nH]c1=O. The van der Waals surface area contributed by atoms with Gasteiger partial charge in [0.2, 0.25) is 11.0 Å². The molecule has 32 heavy (non-hydrogen) atoms. The molecule has 2 aromatic rings. The molecule has 0 radical (unpaired) electrons. The number of thioether (sulfide) groups is 1. The molecule has 2 rings (SSSR count). The van der Waals surface area contributed by atoms with Gasteiger partial charge in [-0.15, -0.1) is 10.2 Å². The van der Waals surface area contributed by atoms with Crippen molar-refractivity contribution in [3.63, 3.8) is 0 Å².